The lowest BCUT2D eigenvalue weighted by molar-refractivity contribution is 0.338. The number of nitrogens with zero attached hydrogens (tertiary/aromatic N) is 4. The van der Waals surface area contributed by atoms with E-state index in [1.165, 1.54) is 17.5 Å². The molecule has 1 N–H and O–H groups in total. The summed E-state index contributed by atoms with van der Waals surface area (Å²) in [5.41, 5.74) is 3.58. The second-order valence-electron chi connectivity index (χ2n) is 6.89. The molecule has 1 saturated carbocycles. The third-order valence-corrected chi connectivity index (χ3v) is 5.18. The maximum atomic E-state index is 5.77. The highest BCUT2D eigenvalue weighted by molar-refractivity contribution is 5.50. The Labute approximate surface area is 145 Å². The fourth-order valence-electron chi connectivity index (χ4n) is 3.53. The van der Waals surface area contributed by atoms with Crippen LogP contribution in [-0.4, -0.2) is 26.2 Å². The van der Waals surface area contributed by atoms with Crippen molar-refractivity contribution < 1.29 is 4.42 Å². The smallest absolute Gasteiger partial charge is 0.250 e. The maximum Gasteiger partial charge on any atom is 0.250 e. The first-order valence-electron chi connectivity index (χ1n) is 8.84. The molecule has 3 aromatic rings. The van der Waals surface area contributed by atoms with Crippen molar-refractivity contribution >= 4 is 5.95 Å². The van der Waals surface area contributed by atoms with Gasteiger partial charge in [-0.15, -0.1) is 10.2 Å². The van der Waals surface area contributed by atoms with Crippen molar-refractivity contribution in [2.45, 2.75) is 44.1 Å². The second-order valence-corrected chi connectivity index (χ2v) is 6.89. The Morgan fingerprint density at radius 2 is 1.68 bits per heavy atom. The summed E-state index contributed by atoms with van der Waals surface area (Å²) in [5.74, 6) is 2.32. The van der Waals surface area contributed by atoms with E-state index in [1.807, 2.05) is 0 Å². The summed E-state index contributed by atoms with van der Waals surface area (Å²) < 4.78 is 5.77. The number of hydrogen-bond donors (Lipinski definition) is 1. The predicted octanol–water partition coefficient (Wildman–Crippen LogP) is 3.37. The van der Waals surface area contributed by atoms with Crippen molar-refractivity contribution in [3.8, 4) is 11.5 Å². The zero-order valence-electron chi connectivity index (χ0n) is 13.9. The second kappa shape index (κ2) is 5.95. The molecule has 2 aliphatic carbocycles. The number of hydrogen-bond acceptors (Lipinski definition) is 6. The van der Waals surface area contributed by atoms with Crippen molar-refractivity contribution in [1.29, 1.82) is 0 Å². The van der Waals surface area contributed by atoms with Gasteiger partial charge in [-0.05, 0) is 36.8 Å². The monoisotopic (exact) mass is 333 g/mol. The van der Waals surface area contributed by atoms with E-state index in [1.54, 1.807) is 12.4 Å². The number of anilines is 1. The van der Waals surface area contributed by atoms with E-state index in [9.17, 15) is 0 Å². The first-order valence-corrected chi connectivity index (χ1v) is 8.84. The van der Waals surface area contributed by atoms with Gasteiger partial charge in [-0.3, -0.25) is 0 Å². The van der Waals surface area contributed by atoms with Gasteiger partial charge in [0.2, 0.25) is 11.8 Å². The Morgan fingerprint density at radius 1 is 0.960 bits per heavy atom. The van der Waals surface area contributed by atoms with Gasteiger partial charge in [0.15, 0.2) is 0 Å². The van der Waals surface area contributed by atoms with E-state index >= 15 is 0 Å². The molecule has 0 radical (unpaired) electrons. The Bertz CT molecular complexity index is 860. The van der Waals surface area contributed by atoms with Crippen molar-refractivity contribution in [3.63, 3.8) is 0 Å². The van der Waals surface area contributed by atoms with Gasteiger partial charge in [-0.2, -0.15) is 0 Å². The molecule has 5 rings (SSSR count). The van der Waals surface area contributed by atoms with Crippen LogP contribution in [0.3, 0.4) is 0 Å². The van der Waals surface area contributed by atoms with Crippen LogP contribution in [0.1, 0.15) is 42.2 Å². The molecule has 0 spiro atoms. The van der Waals surface area contributed by atoms with E-state index < -0.39 is 0 Å². The first kappa shape index (κ1) is 14.6. The minimum Gasteiger partial charge on any atom is -0.420 e. The normalized spacial score (nSPS) is 17.3. The third-order valence-electron chi connectivity index (χ3n) is 5.18. The van der Waals surface area contributed by atoms with E-state index in [-0.39, 0.29) is 0 Å². The molecule has 1 fully saturated rings. The van der Waals surface area contributed by atoms with Gasteiger partial charge in [0.25, 0.3) is 5.89 Å². The fourth-order valence-corrected chi connectivity index (χ4v) is 3.53. The molecule has 2 aliphatic rings. The Hall–Kier alpha value is -2.76. The molecule has 2 aromatic heterocycles. The van der Waals surface area contributed by atoms with Crippen LogP contribution in [-0.2, 0) is 12.8 Å². The summed E-state index contributed by atoms with van der Waals surface area (Å²) in [6.07, 6.45) is 9.04. The molecular formula is C19H19N5O. The van der Waals surface area contributed by atoms with Crippen molar-refractivity contribution in [3.05, 3.63) is 53.7 Å². The van der Waals surface area contributed by atoms with Crippen LogP contribution in [0.5, 0.6) is 0 Å². The number of nitrogens with one attached hydrogen (secondary N) is 1. The van der Waals surface area contributed by atoms with Crippen molar-refractivity contribution in [2.24, 2.45) is 0 Å². The molecule has 0 saturated heterocycles. The highest BCUT2D eigenvalue weighted by Gasteiger charge is 2.25. The topological polar surface area (TPSA) is 76.7 Å². The third kappa shape index (κ3) is 2.77. The summed E-state index contributed by atoms with van der Waals surface area (Å²) in [4.78, 5) is 8.84. The summed E-state index contributed by atoms with van der Waals surface area (Å²) >= 11 is 0. The van der Waals surface area contributed by atoms with E-state index in [0.717, 1.165) is 37.1 Å². The first-order chi connectivity index (χ1) is 12.3. The molecule has 0 amide bonds. The minimum atomic E-state index is 0.344. The molecule has 2 heterocycles. The highest BCUT2D eigenvalue weighted by atomic mass is 16.4. The van der Waals surface area contributed by atoms with Gasteiger partial charge in [0, 0.05) is 24.4 Å². The van der Waals surface area contributed by atoms with Crippen LogP contribution in [0, 0.1) is 0 Å². The van der Waals surface area contributed by atoms with E-state index in [2.05, 4.69) is 49.7 Å². The van der Waals surface area contributed by atoms with Crippen LogP contribution in [0.15, 0.2) is 41.1 Å². The highest BCUT2D eigenvalue weighted by Crippen LogP contribution is 2.36. The average molecular weight is 333 g/mol. The van der Waals surface area contributed by atoms with Crippen LogP contribution in [0.25, 0.3) is 11.5 Å². The Balaban J connectivity index is 1.27. The average Bonchev–Trinajstić information content (AvgIpc) is 3.20. The van der Waals surface area contributed by atoms with Gasteiger partial charge in [-0.1, -0.05) is 30.7 Å². The molecule has 0 atom stereocenters. The molecule has 1 aromatic carbocycles. The van der Waals surface area contributed by atoms with Crippen LogP contribution < -0.4 is 5.32 Å². The van der Waals surface area contributed by atoms with Crippen LogP contribution in [0.4, 0.5) is 5.95 Å². The van der Waals surface area contributed by atoms with Crippen molar-refractivity contribution in [1.82, 2.24) is 20.2 Å². The molecule has 0 bridgehead atoms. The van der Waals surface area contributed by atoms with E-state index in [0.29, 0.717) is 23.8 Å². The number of benzene rings is 1. The Kier molecular flexibility index (Phi) is 3.47. The van der Waals surface area contributed by atoms with E-state index in [4.69, 9.17) is 4.42 Å². The van der Waals surface area contributed by atoms with Gasteiger partial charge in [0.1, 0.15) is 0 Å². The summed E-state index contributed by atoms with van der Waals surface area (Å²) in [6, 6.07) is 8.91. The number of rotatable bonds is 4. The maximum absolute atomic E-state index is 5.77. The molecular weight excluding hydrogens is 314 g/mol. The standard InChI is InChI=1S/C19H19N5O/c1-2-5-14-9-16(8-13(14)4-1)22-19-20-10-15(11-21-19)18-24-23-17(25-18)12-6-3-7-12/h1-2,4-5,10-12,16H,3,6-9H2,(H,20,21,22). The van der Waals surface area contributed by atoms with Crippen molar-refractivity contribution in [2.75, 3.05) is 5.32 Å². The minimum absolute atomic E-state index is 0.344. The predicted molar refractivity (Wildman–Crippen MR) is 93.2 cm³/mol. The summed E-state index contributed by atoms with van der Waals surface area (Å²) in [5, 5.41) is 11.7. The lowest BCUT2D eigenvalue weighted by atomic mass is 9.85. The molecule has 6 nitrogen and oxygen atoms in total. The molecule has 0 unspecified atom stereocenters. The van der Waals surface area contributed by atoms with Gasteiger partial charge in [-0.25, -0.2) is 9.97 Å². The van der Waals surface area contributed by atoms with Gasteiger partial charge < -0.3 is 9.73 Å². The lowest BCUT2D eigenvalue weighted by Gasteiger charge is -2.20. The van der Waals surface area contributed by atoms with Crippen LogP contribution >= 0.6 is 0 Å². The zero-order valence-corrected chi connectivity index (χ0v) is 13.9. The molecule has 0 aliphatic heterocycles. The number of fused-ring (bicyclic) bond motifs is 1. The van der Waals surface area contributed by atoms with Crippen LogP contribution in [0.2, 0.25) is 0 Å². The lowest BCUT2D eigenvalue weighted by Crippen LogP contribution is -2.20. The molecule has 25 heavy (non-hydrogen) atoms. The number of aromatic nitrogens is 4. The quantitative estimate of drug-likeness (QED) is 0.789. The van der Waals surface area contributed by atoms with Gasteiger partial charge in [0.05, 0.1) is 5.56 Å². The Morgan fingerprint density at radius 3 is 2.32 bits per heavy atom. The zero-order chi connectivity index (χ0) is 16.6. The summed E-state index contributed by atoms with van der Waals surface area (Å²) in [6.45, 7) is 0. The molecule has 6 heteroatoms. The van der Waals surface area contributed by atoms with Gasteiger partial charge >= 0.3 is 0 Å². The fraction of sp³-hybridized carbons (Fsp3) is 0.368. The molecule has 126 valence electrons. The summed E-state index contributed by atoms with van der Waals surface area (Å²) in [7, 11) is 0. The largest absolute Gasteiger partial charge is 0.420 e. The SMILES string of the molecule is c1ccc2c(c1)CC(Nc1ncc(-c3nnc(C4CCC4)o3)cn1)C2.